The summed E-state index contributed by atoms with van der Waals surface area (Å²) < 4.78 is 11.5. The van der Waals surface area contributed by atoms with Crippen molar-refractivity contribution in [1.29, 1.82) is 0 Å². The number of nitrogens with two attached hydrogens (primary N) is 1. The Balaban J connectivity index is 2.11. The fraction of sp³-hybridized carbons (Fsp3) is 0.353. The maximum Gasteiger partial charge on any atom is 0.161 e. The fourth-order valence-electron chi connectivity index (χ4n) is 2.09. The molecule has 0 amide bonds. The number of pyridine rings is 1. The van der Waals surface area contributed by atoms with Gasteiger partial charge in [-0.25, -0.2) is 0 Å². The number of benzene rings is 1. The lowest BCUT2D eigenvalue weighted by molar-refractivity contribution is 0.266. The summed E-state index contributed by atoms with van der Waals surface area (Å²) in [5, 5.41) is 0. The lowest BCUT2D eigenvalue weighted by Gasteiger charge is -2.13. The van der Waals surface area contributed by atoms with Crippen molar-refractivity contribution in [3.05, 3.63) is 53.3 Å². The molecule has 21 heavy (non-hydrogen) atoms. The smallest absolute Gasteiger partial charge is 0.161 e. The molecule has 0 aliphatic heterocycles. The summed E-state index contributed by atoms with van der Waals surface area (Å²) >= 11 is 0. The summed E-state index contributed by atoms with van der Waals surface area (Å²) in [4.78, 5) is 4.43. The molecule has 0 saturated carbocycles. The topological polar surface area (TPSA) is 57.4 Å². The van der Waals surface area contributed by atoms with Crippen LogP contribution >= 0.6 is 0 Å². The second-order valence-electron chi connectivity index (χ2n) is 4.81. The molecule has 1 aromatic heterocycles. The number of hydrogen-bond donors (Lipinski definition) is 1. The van der Waals surface area contributed by atoms with Gasteiger partial charge in [0.15, 0.2) is 11.5 Å². The van der Waals surface area contributed by atoms with Gasteiger partial charge in [-0.3, -0.25) is 4.98 Å². The van der Waals surface area contributed by atoms with Crippen LogP contribution in [-0.2, 0) is 13.0 Å². The van der Waals surface area contributed by atoms with Crippen molar-refractivity contribution >= 4 is 0 Å². The Morgan fingerprint density at radius 3 is 2.67 bits per heavy atom. The van der Waals surface area contributed by atoms with Gasteiger partial charge >= 0.3 is 0 Å². The van der Waals surface area contributed by atoms with Gasteiger partial charge in [0.25, 0.3) is 0 Å². The molecule has 0 saturated heterocycles. The Bertz CT molecular complexity index is 585. The highest BCUT2D eigenvalue weighted by Crippen LogP contribution is 2.29. The van der Waals surface area contributed by atoms with Crippen molar-refractivity contribution in [2.24, 2.45) is 5.73 Å². The van der Waals surface area contributed by atoms with Crippen molar-refractivity contribution in [2.75, 3.05) is 13.2 Å². The number of rotatable bonds is 7. The fourth-order valence-corrected chi connectivity index (χ4v) is 2.09. The Kier molecular flexibility index (Phi) is 5.58. The van der Waals surface area contributed by atoms with Gasteiger partial charge in [0.1, 0.15) is 6.61 Å². The molecule has 112 valence electrons. The van der Waals surface area contributed by atoms with Crippen LogP contribution in [0.25, 0.3) is 0 Å². The van der Waals surface area contributed by atoms with E-state index in [2.05, 4.69) is 4.98 Å². The van der Waals surface area contributed by atoms with Crippen LogP contribution in [0.5, 0.6) is 11.5 Å². The molecule has 4 nitrogen and oxygen atoms in total. The van der Waals surface area contributed by atoms with E-state index in [4.69, 9.17) is 15.2 Å². The molecule has 1 aromatic carbocycles. The Hall–Kier alpha value is -2.07. The van der Waals surface area contributed by atoms with E-state index in [1.54, 1.807) is 0 Å². The molecule has 2 N–H and O–H groups in total. The number of hydrogen-bond acceptors (Lipinski definition) is 4. The van der Waals surface area contributed by atoms with Gasteiger partial charge in [0, 0.05) is 5.69 Å². The largest absolute Gasteiger partial charge is 0.490 e. The number of nitrogens with zero attached hydrogens (tertiary/aromatic N) is 1. The van der Waals surface area contributed by atoms with E-state index in [9.17, 15) is 0 Å². The highest BCUT2D eigenvalue weighted by Gasteiger charge is 2.07. The monoisotopic (exact) mass is 286 g/mol. The second-order valence-corrected chi connectivity index (χ2v) is 4.81. The maximum atomic E-state index is 5.85. The maximum absolute atomic E-state index is 5.85. The quantitative estimate of drug-likeness (QED) is 0.850. The highest BCUT2D eigenvalue weighted by molar-refractivity contribution is 5.43. The molecule has 0 unspecified atom stereocenters. The van der Waals surface area contributed by atoms with E-state index in [1.165, 1.54) is 0 Å². The number of aromatic nitrogens is 1. The molecule has 0 aliphatic carbocycles. The SMILES string of the molecule is CCOc1cc(CCN)ccc1OCc1cccc(C)n1. The molecule has 0 fully saturated rings. The Labute approximate surface area is 125 Å². The third kappa shape index (κ3) is 4.46. The van der Waals surface area contributed by atoms with Crippen LogP contribution in [0.15, 0.2) is 36.4 Å². The first-order valence-corrected chi connectivity index (χ1v) is 7.24. The third-order valence-electron chi connectivity index (χ3n) is 3.06. The van der Waals surface area contributed by atoms with Gasteiger partial charge in [-0.2, -0.15) is 0 Å². The summed E-state index contributed by atoms with van der Waals surface area (Å²) in [6.45, 7) is 5.58. The molecule has 4 heteroatoms. The molecule has 0 aliphatic rings. The lowest BCUT2D eigenvalue weighted by atomic mass is 10.1. The molecule has 0 atom stereocenters. The van der Waals surface area contributed by atoms with Gasteiger partial charge in [-0.15, -0.1) is 0 Å². The minimum Gasteiger partial charge on any atom is -0.490 e. The predicted molar refractivity (Wildman–Crippen MR) is 83.7 cm³/mol. The Morgan fingerprint density at radius 1 is 1.10 bits per heavy atom. The van der Waals surface area contributed by atoms with E-state index < -0.39 is 0 Å². The van der Waals surface area contributed by atoms with Gasteiger partial charge in [-0.05, 0) is 56.6 Å². The summed E-state index contributed by atoms with van der Waals surface area (Å²) in [6, 6.07) is 11.9. The standard InChI is InChI=1S/C17H22N2O2/c1-3-20-17-11-14(9-10-18)7-8-16(17)21-12-15-6-4-5-13(2)19-15/h4-8,11H,3,9-10,12,18H2,1-2H3. The van der Waals surface area contributed by atoms with E-state index >= 15 is 0 Å². The van der Waals surface area contributed by atoms with E-state index in [0.717, 1.165) is 34.9 Å². The van der Waals surface area contributed by atoms with E-state index in [0.29, 0.717) is 19.8 Å². The lowest BCUT2D eigenvalue weighted by Crippen LogP contribution is -2.05. The first-order valence-electron chi connectivity index (χ1n) is 7.24. The first kappa shape index (κ1) is 15.3. The number of ether oxygens (including phenoxy) is 2. The third-order valence-corrected chi connectivity index (χ3v) is 3.06. The Morgan fingerprint density at radius 2 is 1.95 bits per heavy atom. The van der Waals surface area contributed by atoms with Crippen LogP contribution in [0.1, 0.15) is 23.9 Å². The first-order chi connectivity index (χ1) is 10.2. The molecule has 0 radical (unpaired) electrons. The zero-order valence-corrected chi connectivity index (χ0v) is 12.6. The van der Waals surface area contributed by atoms with Crippen LogP contribution in [0.3, 0.4) is 0 Å². The molecule has 2 rings (SSSR count). The van der Waals surface area contributed by atoms with Crippen LogP contribution in [-0.4, -0.2) is 18.1 Å². The molecular formula is C17H22N2O2. The second kappa shape index (κ2) is 7.64. The summed E-state index contributed by atoms with van der Waals surface area (Å²) in [7, 11) is 0. The zero-order valence-electron chi connectivity index (χ0n) is 12.6. The van der Waals surface area contributed by atoms with Crippen molar-refractivity contribution in [2.45, 2.75) is 26.9 Å². The average Bonchev–Trinajstić information content (AvgIpc) is 2.47. The van der Waals surface area contributed by atoms with Gasteiger partial charge in [0.2, 0.25) is 0 Å². The summed E-state index contributed by atoms with van der Waals surface area (Å²) in [6.07, 6.45) is 0.833. The molecular weight excluding hydrogens is 264 g/mol. The van der Waals surface area contributed by atoms with Gasteiger partial charge in [-0.1, -0.05) is 12.1 Å². The van der Waals surface area contributed by atoms with Crippen LogP contribution in [0.4, 0.5) is 0 Å². The zero-order chi connectivity index (χ0) is 15.1. The van der Waals surface area contributed by atoms with E-state index in [-0.39, 0.29) is 0 Å². The highest BCUT2D eigenvalue weighted by atomic mass is 16.5. The predicted octanol–water partition coefficient (Wildman–Crippen LogP) is 2.87. The van der Waals surface area contributed by atoms with Crippen molar-refractivity contribution in [3.8, 4) is 11.5 Å². The van der Waals surface area contributed by atoms with E-state index in [1.807, 2.05) is 50.2 Å². The summed E-state index contributed by atoms with van der Waals surface area (Å²) in [5.41, 5.74) is 8.64. The number of aryl methyl sites for hydroxylation is 1. The minimum atomic E-state index is 0.429. The van der Waals surface area contributed by atoms with Gasteiger partial charge < -0.3 is 15.2 Å². The average molecular weight is 286 g/mol. The molecule has 2 aromatic rings. The van der Waals surface area contributed by atoms with Crippen LogP contribution < -0.4 is 15.2 Å². The van der Waals surface area contributed by atoms with Crippen molar-refractivity contribution in [1.82, 2.24) is 4.98 Å². The summed E-state index contributed by atoms with van der Waals surface area (Å²) in [5.74, 6) is 1.50. The molecule has 1 heterocycles. The van der Waals surface area contributed by atoms with Crippen molar-refractivity contribution in [3.63, 3.8) is 0 Å². The van der Waals surface area contributed by atoms with Gasteiger partial charge in [0.05, 0.1) is 12.3 Å². The minimum absolute atomic E-state index is 0.429. The molecule has 0 bridgehead atoms. The van der Waals surface area contributed by atoms with Crippen molar-refractivity contribution < 1.29 is 9.47 Å². The normalized spacial score (nSPS) is 10.4. The molecule has 0 spiro atoms. The van der Waals surface area contributed by atoms with Crippen LogP contribution in [0.2, 0.25) is 0 Å². The van der Waals surface area contributed by atoms with Crippen LogP contribution in [0, 0.1) is 6.92 Å².